The van der Waals surface area contributed by atoms with Crippen LogP contribution in [0.2, 0.25) is 0 Å². The third-order valence-electron chi connectivity index (χ3n) is 1.57. The van der Waals surface area contributed by atoms with Gasteiger partial charge in [-0.2, -0.15) is 0 Å². The minimum absolute atomic E-state index is 0.251. The van der Waals surface area contributed by atoms with Crippen molar-refractivity contribution in [3.63, 3.8) is 0 Å². The third kappa shape index (κ3) is 6.54. The highest BCUT2D eigenvalue weighted by atomic mass is 16.5. The fraction of sp³-hybridized carbons (Fsp3) is 1.00. The molecular weight excluding hydrogens is 156 g/mol. The molecule has 2 unspecified atom stereocenters. The predicted octanol–water partition coefficient (Wildman–Crippen LogP) is -0.679. The Balaban J connectivity index is 3.24. The molecule has 0 aliphatic rings. The van der Waals surface area contributed by atoms with Gasteiger partial charge in [0, 0.05) is 25.7 Å². The molecule has 74 valence electrons. The molecule has 0 aromatic carbocycles. The van der Waals surface area contributed by atoms with E-state index in [2.05, 4.69) is 5.32 Å². The lowest BCUT2D eigenvalue weighted by Gasteiger charge is -2.15. The molecule has 4 N–H and O–H groups in total. The summed E-state index contributed by atoms with van der Waals surface area (Å²) in [7, 11) is 0. The van der Waals surface area contributed by atoms with Crippen LogP contribution >= 0.6 is 0 Å². The van der Waals surface area contributed by atoms with Crippen LogP contribution < -0.4 is 11.1 Å². The fourth-order valence-electron chi connectivity index (χ4n) is 0.733. The topological polar surface area (TPSA) is 67.5 Å². The van der Waals surface area contributed by atoms with Crippen LogP contribution in [0.1, 0.15) is 13.8 Å². The van der Waals surface area contributed by atoms with E-state index in [1.165, 1.54) is 0 Å². The molecule has 0 saturated heterocycles. The highest BCUT2D eigenvalue weighted by Crippen LogP contribution is 1.85. The second-order valence-electron chi connectivity index (χ2n) is 2.86. The van der Waals surface area contributed by atoms with Crippen LogP contribution in [0.4, 0.5) is 0 Å². The van der Waals surface area contributed by atoms with E-state index in [1.807, 2.05) is 13.8 Å². The van der Waals surface area contributed by atoms with Crippen molar-refractivity contribution in [3.8, 4) is 0 Å². The Bertz CT molecular complexity index is 101. The number of hydrogen-bond donors (Lipinski definition) is 3. The van der Waals surface area contributed by atoms with E-state index in [0.717, 1.165) is 0 Å². The zero-order chi connectivity index (χ0) is 9.40. The monoisotopic (exact) mass is 176 g/mol. The summed E-state index contributed by atoms with van der Waals surface area (Å²) in [5, 5.41) is 12.4. The first-order valence-corrected chi connectivity index (χ1v) is 4.40. The van der Waals surface area contributed by atoms with Gasteiger partial charge in [0.2, 0.25) is 0 Å². The Morgan fingerprint density at radius 3 is 2.75 bits per heavy atom. The van der Waals surface area contributed by atoms with Gasteiger partial charge >= 0.3 is 0 Å². The molecular formula is C8H20N2O2. The van der Waals surface area contributed by atoms with Gasteiger partial charge in [-0.15, -0.1) is 0 Å². The number of ether oxygens (including phenoxy) is 1. The maximum Gasteiger partial charge on any atom is 0.0897 e. The highest BCUT2D eigenvalue weighted by Gasteiger charge is 2.04. The summed E-state index contributed by atoms with van der Waals surface area (Å²) in [4.78, 5) is 0. The summed E-state index contributed by atoms with van der Waals surface area (Å²) in [6.45, 7) is 6.04. The second kappa shape index (κ2) is 7.49. The van der Waals surface area contributed by atoms with Gasteiger partial charge < -0.3 is 20.9 Å². The van der Waals surface area contributed by atoms with Gasteiger partial charge in [-0.25, -0.2) is 0 Å². The van der Waals surface area contributed by atoms with Gasteiger partial charge in [-0.1, -0.05) is 0 Å². The SMILES string of the molecule is CCOCC(O)CNC(C)CN. The van der Waals surface area contributed by atoms with Crippen molar-refractivity contribution < 1.29 is 9.84 Å². The van der Waals surface area contributed by atoms with E-state index in [9.17, 15) is 5.11 Å². The Morgan fingerprint density at radius 1 is 1.58 bits per heavy atom. The smallest absolute Gasteiger partial charge is 0.0897 e. The molecule has 0 radical (unpaired) electrons. The van der Waals surface area contributed by atoms with Crippen molar-refractivity contribution in [3.05, 3.63) is 0 Å². The summed E-state index contributed by atoms with van der Waals surface area (Å²) in [6, 6.07) is 0.251. The lowest BCUT2D eigenvalue weighted by Crippen LogP contribution is -2.39. The molecule has 0 rings (SSSR count). The average Bonchev–Trinajstić information content (AvgIpc) is 2.10. The lowest BCUT2D eigenvalue weighted by atomic mass is 10.3. The molecule has 0 amide bonds. The van der Waals surface area contributed by atoms with Crippen LogP contribution in [0.3, 0.4) is 0 Å². The first kappa shape index (κ1) is 11.8. The van der Waals surface area contributed by atoms with Crippen molar-refractivity contribution in [2.45, 2.75) is 26.0 Å². The maximum atomic E-state index is 9.30. The molecule has 4 nitrogen and oxygen atoms in total. The van der Waals surface area contributed by atoms with E-state index >= 15 is 0 Å². The van der Waals surface area contributed by atoms with E-state index < -0.39 is 6.10 Å². The molecule has 4 heteroatoms. The molecule has 2 atom stereocenters. The quantitative estimate of drug-likeness (QED) is 0.481. The van der Waals surface area contributed by atoms with Crippen LogP contribution in [-0.4, -0.2) is 43.6 Å². The van der Waals surface area contributed by atoms with E-state index in [1.54, 1.807) is 0 Å². The summed E-state index contributed by atoms with van der Waals surface area (Å²) in [5.74, 6) is 0. The van der Waals surface area contributed by atoms with E-state index in [0.29, 0.717) is 26.3 Å². The minimum Gasteiger partial charge on any atom is -0.389 e. The van der Waals surface area contributed by atoms with Gasteiger partial charge in [0.15, 0.2) is 0 Å². The molecule has 0 heterocycles. The summed E-state index contributed by atoms with van der Waals surface area (Å²) >= 11 is 0. The minimum atomic E-state index is -0.432. The zero-order valence-corrected chi connectivity index (χ0v) is 7.92. The van der Waals surface area contributed by atoms with Crippen LogP contribution in [0.15, 0.2) is 0 Å². The summed E-state index contributed by atoms with van der Waals surface area (Å²) in [6.07, 6.45) is -0.432. The number of nitrogens with one attached hydrogen (secondary N) is 1. The van der Waals surface area contributed by atoms with Crippen molar-refractivity contribution in [2.75, 3.05) is 26.3 Å². The molecule has 12 heavy (non-hydrogen) atoms. The number of aliphatic hydroxyl groups excluding tert-OH is 1. The lowest BCUT2D eigenvalue weighted by molar-refractivity contribution is 0.0418. The van der Waals surface area contributed by atoms with Crippen LogP contribution in [0.25, 0.3) is 0 Å². The Morgan fingerprint density at radius 2 is 2.25 bits per heavy atom. The van der Waals surface area contributed by atoms with Crippen LogP contribution in [0, 0.1) is 0 Å². The molecule has 0 spiro atoms. The van der Waals surface area contributed by atoms with Crippen LogP contribution in [0.5, 0.6) is 0 Å². The highest BCUT2D eigenvalue weighted by molar-refractivity contribution is 4.64. The average molecular weight is 176 g/mol. The second-order valence-corrected chi connectivity index (χ2v) is 2.86. The molecule has 0 bridgehead atoms. The summed E-state index contributed by atoms with van der Waals surface area (Å²) < 4.78 is 5.04. The number of nitrogens with two attached hydrogens (primary N) is 1. The number of aliphatic hydroxyl groups is 1. The van der Waals surface area contributed by atoms with Crippen LogP contribution in [-0.2, 0) is 4.74 Å². The standard InChI is InChI=1S/C8H20N2O2/c1-3-12-6-8(11)5-10-7(2)4-9/h7-8,10-11H,3-6,9H2,1-2H3. The normalized spacial score (nSPS) is 16.0. The molecule has 0 fully saturated rings. The Kier molecular flexibility index (Phi) is 7.39. The molecule has 0 aromatic rings. The maximum absolute atomic E-state index is 9.30. The van der Waals surface area contributed by atoms with Gasteiger partial charge in [-0.3, -0.25) is 0 Å². The fourth-order valence-corrected chi connectivity index (χ4v) is 0.733. The molecule has 0 saturated carbocycles. The van der Waals surface area contributed by atoms with Gasteiger partial charge in [0.05, 0.1) is 12.7 Å². The van der Waals surface area contributed by atoms with Crippen molar-refractivity contribution >= 4 is 0 Å². The number of rotatable bonds is 7. The molecule has 0 aliphatic carbocycles. The predicted molar refractivity (Wildman–Crippen MR) is 49.0 cm³/mol. The van der Waals surface area contributed by atoms with Crippen molar-refractivity contribution in [1.29, 1.82) is 0 Å². The zero-order valence-electron chi connectivity index (χ0n) is 7.92. The largest absolute Gasteiger partial charge is 0.389 e. The first-order chi connectivity index (χ1) is 5.70. The Labute approximate surface area is 74.1 Å². The van der Waals surface area contributed by atoms with Gasteiger partial charge in [-0.05, 0) is 13.8 Å². The third-order valence-corrected chi connectivity index (χ3v) is 1.57. The van der Waals surface area contributed by atoms with Crippen molar-refractivity contribution in [1.82, 2.24) is 5.32 Å². The summed E-state index contributed by atoms with van der Waals surface area (Å²) in [5.41, 5.74) is 5.38. The van der Waals surface area contributed by atoms with E-state index in [-0.39, 0.29) is 6.04 Å². The molecule has 0 aromatic heterocycles. The molecule has 0 aliphatic heterocycles. The Hall–Kier alpha value is -0.160. The van der Waals surface area contributed by atoms with Gasteiger partial charge in [0.25, 0.3) is 0 Å². The van der Waals surface area contributed by atoms with E-state index in [4.69, 9.17) is 10.5 Å². The first-order valence-electron chi connectivity index (χ1n) is 4.40. The van der Waals surface area contributed by atoms with Crippen molar-refractivity contribution in [2.24, 2.45) is 5.73 Å². The van der Waals surface area contributed by atoms with Gasteiger partial charge in [0.1, 0.15) is 0 Å². The number of hydrogen-bond acceptors (Lipinski definition) is 4.